The van der Waals surface area contributed by atoms with Crippen LogP contribution in [0.3, 0.4) is 0 Å². The second-order valence-electron chi connectivity index (χ2n) is 13.4. The first-order valence-corrected chi connectivity index (χ1v) is 17.8. The Kier molecular flexibility index (Phi) is 13.3. The van der Waals surface area contributed by atoms with E-state index in [2.05, 4.69) is 32.4 Å². The minimum Gasteiger partial charge on any atom is -0.497 e. The third-order valence-corrected chi connectivity index (χ3v) is 12.4. The van der Waals surface area contributed by atoms with E-state index in [0.29, 0.717) is 17.3 Å². The van der Waals surface area contributed by atoms with E-state index in [1.807, 2.05) is 38.1 Å². The number of nitrogens with one attached hydrogen (secondary N) is 1. The zero-order valence-electron chi connectivity index (χ0n) is 27.0. The quantitative estimate of drug-likeness (QED) is 0.315. The molecule has 228 valence electrons. The molecule has 7 atom stereocenters. The second-order valence-corrected chi connectivity index (χ2v) is 14.3. The van der Waals surface area contributed by atoms with E-state index >= 15 is 0 Å². The van der Waals surface area contributed by atoms with Crippen LogP contribution in [-0.4, -0.2) is 13.0 Å². The lowest BCUT2D eigenvalue weighted by Gasteiger charge is -2.60. The zero-order valence-corrected chi connectivity index (χ0v) is 27.8. The number of ether oxygens (including phenoxy) is 1. The van der Waals surface area contributed by atoms with Crippen LogP contribution in [-0.2, 0) is 4.79 Å². The smallest absolute Gasteiger partial charge is 0.230 e. The number of benzene rings is 1. The van der Waals surface area contributed by atoms with E-state index in [1.165, 1.54) is 95.4 Å². The summed E-state index contributed by atoms with van der Waals surface area (Å²) in [6.07, 6.45) is 20.2. The molecular weight excluding hydrogens is 510 g/mol. The maximum absolute atomic E-state index is 12.5. The van der Waals surface area contributed by atoms with Crippen molar-refractivity contribution in [2.75, 3.05) is 7.11 Å². The van der Waals surface area contributed by atoms with Gasteiger partial charge in [-0.05, 0) is 141 Å². The predicted molar refractivity (Wildman–Crippen MR) is 173 cm³/mol. The number of amides is 1. The molecule has 1 N–H and O–H groups in total. The number of unbranched alkanes of at least 4 members (excludes halogenated alkanes) is 1. The van der Waals surface area contributed by atoms with Gasteiger partial charge in [0.2, 0.25) is 5.91 Å². The summed E-state index contributed by atoms with van der Waals surface area (Å²) in [7, 11) is 1.67. The molecule has 1 aromatic rings. The normalized spacial score (nSPS) is 34.0. The number of fused-ring (bicyclic) bond motifs is 5. The van der Waals surface area contributed by atoms with Gasteiger partial charge in [0.25, 0.3) is 0 Å². The molecule has 4 fully saturated rings. The maximum atomic E-state index is 12.5. The van der Waals surface area contributed by atoms with Crippen LogP contribution in [0.2, 0.25) is 0 Å². The average molecular weight is 572 g/mol. The Balaban J connectivity index is 0.000000677. The fraction of sp³-hybridized carbons (Fsp3) is 0.806. The maximum Gasteiger partial charge on any atom is 0.230 e. The minimum absolute atomic E-state index is 0.160. The molecule has 4 saturated carbocycles. The van der Waals surface area contributed by atoms with E-state index in [0.717, 1.165) is 46.7 Å². The van der Waals surface area contributed by atoms with Gasteiger partial charge in [-0.3, -0.25) is 9.52 Å². The van der Waals surface area contributed by atoms with Gasteiger partial charge in [0.1, 0.15) is 5.75 Å². The third kappa shape index (κ3) is 7.61. The number of carbonyl (C=O) groups excluding carboxylic acids is 1. The van der Waals surface area contributed by atoms with Crippen molar-refractivity contribution in [1.82, 2.24) is 4.72 Å². The van der Waals surface area contributed by atoms with Gasteiger partial charge in [0.15, 0.2) is 0 Å². The zero-order chi connectivity index (χ0) is 29.2. The summed E-state index contributed by atoms with van der Waals surface area (Å²) in [5, 5.41) is 0. The minimum atomic E-state index is 0.160. The molecule has 40 heavy (non-hydrogen) atoms. The Morgan fingerprint density at radius 1 is 0.900 bits per heavy atom. The molecular formula is C36H61NO2S. The van der Waals surface area contributed by atoms with Gasteiger partial charge >= 0.3 is 0 Å². The fourth-order valence-electron chi connectivity index (χ4n) is 9.20. The van der Waals surface area contributed by atoms with E-state index in [4.69, 9.17) is 4.74 Å². The van der Waals surface area contributed by atoms with Crippen molar-refractivity contribution in [1.29, 1.82) is 0 Å². The number of hydrogen-bond donors (Lipinski definition) is 1. The molecule has 4 heteroatoms. The van der Waals surface area contributed by atoms with Gasteiger partial charge < -0.3 is 4.74 Å². The Labute approximate surface area is 251 Å². The number of rotatable bonds is 8. The average Bonchev–Trinajstić information content (AvgIpc) is 3.33. The van der Waals surface area contributed by atoms with Crippen LogP contribution in [0, 0.1) is 40.4 Å². The van der Waals surface area contributed by atoms with Crippen molar-refractivity contribution in [3.8, 4) is 5.75 Å². The SMILES string of the molecule is CC.CCCC.COc1ccc(SNC(=O)CCCC2CCC3C4CCC5CCCCC5(C)C4CCC23C)cc1. The van der Waals surface area contributed by atoms with Crippen LogP contribution in [0.4, 0.5) is 0 Å². The molecule has 4 aliphatic carbocycles. The molecule has 0 bridgehead atoms. The highest BCUT2D eigenvalue weighted by Crippen LogP contribution is 2.67. The van der Waals surface area contributed by atoms with Crippen molar-refractivity contribution in [3.63, 3.8) is 0 Å². The molecule has 3 nitrogen and oxygen atoms in total. The molecule has 5 rings (SSSR count). The summed E-state index contributed by atoms with van der Waals surface area (Å²) in [6.45, 7) is 13.7. The largest absolute Gasteiger partial charge is 0.497 e. The van der Waals surface area contributed by atoms with Gasteiger partial charge in [0, 0.05) is 11.3 Å². The van der Waals surface area contributed by atoms with Crippen molar-refractivity contribution in [3.05, 3.63) is 24.3 Å². The molecule has 0 spiro atoms. The molecule has 4 aliphatic rings. The van der Waals surface area contributed by atoms with E-state index in [9.17, 15) is 4.79 Å². The predicted octanol–water partition coefficient (Wildman–Crippen LogP) is 10.9. The van der Waals surface area contributed by atoms with Crippen LogP contribution in [0.25, 0.3) is 0 Å². The standard InChI is InChI=1S/C30H45NO2S.C4H10.C2H6/c1-29-19-5-4-7-21(29)10-16-25-26-17-11-22(30(26,2)20-18-27(25)29)8-6-9-28(32)31-34-24-14-12-23(33-3)13-15-24;1-3-4-2;1-2/h12-15,21-22,25-27H,4-11,16-20H2,1-3H3,(H,31,32);3-4H2,1-2H3;1-2H3. The highest BCUT2D eigenvalue weighted by atomic mass is 32.2. The molecule has 1 amide bonds. The molecule has 0 aromatic heterocycles. The van der Waals surface area contributed by atoms with Gasteiger partial charge in [-0.2, -0.15) is 0 Å². The van der Waals surface area contributed by atoms with Gasteiger partial charge in [0.05, 0.1) is 7.11 Å². The first-order chi connectivity index (χ1) is 19.4. The molecule has 1 aromatic carbocycles. The summed E-state index contributed by atoms with van der Waals surface area (Å²) in [5.41, 5.74) is 1.16. The highest BCUT2D eigenvalue weighted by Gasteiger charge is 2.59. The summed E-state index contributed by atoms with van der Waals surface area (Å²) >= 11 is 1.41. The van der Waals surface area contributed by atoms with Crippen LogP contribution in [0.15, 0.2) is 29.2 Å². The molecule has 7 unspecified atom stereocenters. The number of methoxy groups -OCH3 is 1. The Morgan fingerprint density at radius 3 is 2.27 bits per heavy atom. The number of carbonyl (C=O) groups is 1. The molecule has 0 radical (unpaired) electrons. The van der Waals surface area contributed by atoms with Crippen molar-refractivity contribution in [2.45, 2.75) is 143 Å². The number of hydrogen-bond acceptors (Lipinski definition) is 3. The highest BCUT2D eigenvalue weighted by molar-refractivity contribution is 7.98. The van der Waals surface area contributed by atoms with Crippen LogP contribution in [0.5, 0.6) is 5.75 Å². The van der Waals surface area contributed by atoms with Crippen LogP contribution >= 0.6 is 11.9 Å². The monoisotopic (exact) mass is 571 g/mol. The topological polar surface area (TPSA) is 38.3 Å². The van der Waals surface area contributed by atoms with Crippen molar-refractivity contribution in [2.24, 2.45) is 40.4 Å². The molecule has 0 heterocycles. The fourth-order valence-corrected chi connectivity index (χ4v) is 9.80. The third-order valence-electron chi connectivity index (χ3n) is 11.6. The summed E-state index contributed by atoms with van der Waals surface area (Å²) in [6, 6.07) is 7.84. The van der Waals surface area contributed by atoms with Gasteiger partial charge in [-0.1, -0.05) is 67.2 Å². The van der Waals surface area contributed by atoms with Crippen LogP contribution in [0.1, 0.15) is 138 Å². The van der Waals surface area contributed by atoms with E-state index in [1.54, 1.807) is 7.11 Å². The lowest BCUT2D eigenvalue weighted by Crippen LogP contribution is -2.52. The van der Waals surface area contributed by atoms with E-state index in [-0.39, 0.29) is 5.91 Å². The van der Waals surface area contributed by atoms with E-state index < -0.39 is 0 Å². The van der Waals surface area contributed by atoms with Gasteiger partial charge in [-0.15, -0.1) is 0 Å². The summed E-state index contributed by atoms with van der Waals surface area (Å²) in [5.74, 6) is 5.74. The molecule has 0 aliphatic heterocycles. The van der Waals surface area contributed by atoms with Crippen molar-refractivity contribution < 1.29 is 9.53 Å². The second kappa shape index (κ2) is 15.9. The summed E-state index contributed by atoms with van der Waals surface area (Å²) in [4.78, 5) is 13.5. The lowest BCUT2D eigenvalue weighted by atomic mass is 9.45. The first kappa shape index (κ1) is 33.3. The van der Waals surface area contributed by atoms with Crippen LogP contribution < -0.4 is 9.46 Å². The Morgan fingerprint density at radius 2 is 1.60 bits per heavy atom. The lowest BCUT2D eigenvalue weighted by molar-refractivity contribution is -0.119. The molecule has 0 saturated heterocycles. The Bertz CT molecular complexity index is 885. The van der Waals surface area contributed by atoms with Gasteiger partial charge in [-0.25, -0.2) is 0 Å². The first-order valence-electron chi connectivity index (χ1n) is 17.0. The summed E-state index contributed by atoms with van der Waals surface area (Å²) < 4.78 is 8.24. The van der Waals surface area contributed by atoms with Crippen molar-refractivity contribution >= 4 is 17.9 Å². The Hall–Kier alpha value is -1.16.